The number of aliphatic hydroxyl groups excluding tert-OH is 1. The monoisotopic (exact) mass is 208 g/mol. The second-order valence-electron chi connectivity index (χ2n) is 3.93. The molecule has 1 aliphatic carbocycles. The first kappa shape index (κ1) is 10.3. The summed E-state index contributed by atoms with van der Waals surface area (Å²) in [5, 5.41) is 9.71. The molecule has 1 unspecified atom stereocenters. The van der Waals surface area contributed by atoms with E-state index in [0.717, 1.165) is 33.8 Å². The molecule has 1 aliphatic rings. The van der Waals surface area contributed by atoms with Crippen LogP contribution in [0, 0.1) is 13.8 Å². The molecule has 0 bridgehead atoms. The van der Waals surface area contributed by atoms with Crippen molar-refractivity contribution in [3.8, 4) is 11.5 Å². The van der Waals surface area contributed by atoms with Crippen molar-refractivity contribution in [2.75, 3.05) is 14.2 Å². The van der Waals surface area contributed by atoms with Gasteiger partial charge in [-0.1, -0.05) is 0 Å². The number of methoxy groups -OCH3 is 2. The fraction of sp³-hybridized carbons (Fsp3) is 0.500. The summed E-state index contributed by atoms with van der Waals surface area (Å²) in [4.78, 5) is 0. The zero-order valence-corrected chi connectivity index (χ0v) is 9.55. The predicted octanol–water partition coefficient (Wildman–Crippen LogP) is 1.91. The summed E-state index contributed by atoms with van der Waals surface area (Å²) in [7, 11) is 3.30. The number of hydrogen-bond acceptors (Lipinski definition) is 3. The van der Waals surface area contributed by atoms with Crippen molar-refractivity contribution in [2.45, 2.75) is 26.4 Å². The lowest BCUT2D eigenvalue weighted by Gasteiger charge is -2.32. The third-order valence-corrected chi connectivity index (χ3v) is 3.23. The van der Waals surface area contributed by atoms with Crippen molar-refractivity contribution in [3.05, 3.63) is 22.3 Å². The fourth-order valence-corrected chi connectivity index (χ4v) is 2.29. The van der Waals surface area contributed by atoms with Crippen LogP contribution in [0.1, 0.15) is 28.4 Å². The van der Waals surface area contributed by atoms with Gasteiger partial charge >= 0.3 is 0 Å². The van der Waals surface area contributed by atoms with Crippen LogP contribution in [0.2, 0.25) is 0 Å². The van der Waals surface area contributed by atoms with Crippen molar-refractivity contribution >= 4 is 0 Å². The lowest BCUT2D eigenvalue weighted by Crippen LogP contribution is -2.20. The smallest absolute Gasteiger partial charge is 0.128 e. The molecule has 0 spiro atoms. The Labute approximate surface area is 89.6 Å². The first-order valence-electron chi connectivity index (χ1n) is 5.03. The highest BCUT2D eigenvalue weighted by atomic mass is 16.5. The molecule has 0 radical (unpaired) electrons. The molecule has 0 fully saturated rings. The maximum atomic E-state index is 9.71. The molecule has 15 heavy (non-hydrogen) atoms. The minimum absolute atomic E-state index is 0.400. The van der Waals surface area contributed by atoms with Gasteiger partial charge in [0.2, 0.25) is 0 Å². The SMILES string of the molecule is COc1c(C)c(C)c(OC)c2c1CC2O. The van der Waals surface area contributed by atoms with Crippen LogP contribution in [0.5, 0.6) is 11.5 Å². The molecule has 3 nitrogen and oxygen atoms in total. The van der Waals surface area contributed by atoms with Crippen LogP contribution in [0.25, 0.3) is 0 Å². The molecule has 0 amide bonds. The molecular weight excluding hydrogens is 192 g/mol. The Balaban J connectivity index is 2.70. The van der Waals surface area contributed by atoms with Crippen LogP contribution in [0.3, 0.4) is 0 Å². The third-order valence-electron chi connectivity index (χ3n) is 3.23. The van der Waals surface area contributed by atoms with E-state index in [9.17, 15) is 5.11 Å². The largest absolute Gasteiger partial charge is 0.496 e. The van der Waals surface area contributed by atoms with Gasteiger partial charge in [-0.15, -0.1) is 0 Å². The molecular formula is C12H16O3. The lowest BCUT2D eigenvalue weighted by molar-refractivity contribution is 0.145. The molecule has 82 valence electrons. The van der Waals surface area contributed by atoms with E-state index in [0.29, 0.717) is 6.42 Å². The van der Waals surface area contributed by atoms with Gasteiger partial charge in [-0.25, -0.2) is 0 Å². The Morgan fingerprint density at radius 1 is 1.07 bits per heavy atom. The number of benzene rings is 1. The highest BCUT2D eigenvalue weighted by Gasteiger charge is 2.34. The van der Waals surface area contributed by atoms with Gasteiger partial charge in [0, 0.05) is 17.5 Å². The van der Waals surface area contributed by atoms with Gasteiger partial charge in [-0.3, -0.25) is 0 Å². The normalized spacial score (nSPS) is 18.1. The number of aliphatic hydroxyl groups is 1. The fourth-order valence-electron chi connectivity index (χ4n) is 2.29. The molecule has 1 aromatic carbocycles. The van der Waals surface area contributed by atoms with Crippen LogP contribution in [0.15, 0.2) is 0 Å². The van der Waals surface area contributed by atoms with E-state index in [2.05, 4.69) is 0 Å². The molecule has 0 aliphatic heterocycles. The van der Waals surface area contributed by atoms with Gasteiger partial charge in [0.05, 0.1) is 20.3 Å². The maximum Gasteiger partial charge on any atom is 0.128 e. The van der Waals surface area contributed by atoms with Crippen molar-refractivity contribution in [1.29, 1.82) is 0 Å². The molecule has 1 aromatic rings. The first-order valence-corrected chi connectivity index (χ1v) is 5.03. The van der Waals surface area contributed by atoms with Crippen molar-refractivity contribution < 1.29 is 14.6 Å². The van der Waals surface area contributed by atoms with Gasteiger partial charge in [-0.05, 0) is 25.0 Å². The second kappa shape index (κ2) is 3.42. The average molecular weight is 208 g/mol. The van der Waals surface area contributed by atoms with Crippen LogP contribution < -0.4 is 9.47 Å². The Morgan fingerprint density at radius 3 is 2.07 bits per heavy atom. The molecule has 1 atom stereocenters. The molecule has 0 saturated carbocycles. The van der Waals surface area contributed by atoms with E-state index in [1.54, 1.807) is 14.2 Å². The zero-order chi connectivity index (χ0) is 11.2. The van der Waals surface area contributed by atoms with Crippen molar-refractivity contribution in [2.24, 2.45) is 0 Å². The second-order valence-corrected chi connectivity index (χ2v) is 3.93. The van der Waals surface area contributed by atoms with Gasteiger partial charge in [0.1, 0.15) is 11.5 Å². The van der Waals surface area contributed by atoms with E-state index in [1.165, 1.54) is 0 Å². The first-order chi connectivity index (χ1) is 7.11. The Hall–Kier alpha value is -1.22. The standard InChI is InChI=1S/C12H16O3/c1-6-7(2)12(15-4)10-8(5-9(10)13)11(6)14-3/h9,13H,5H2,1-4H3. The number of rotatable bonds is 2. The Morgan fingerprint density at radius 2 is 1.60 bits per heavy atom. The highest BCUT2D eigenvalue weighted by molar-refractivity contribution is 5.63. The lowest BCUT2D eigenvalue weighted by atomic mass is 9.80. The predicted molar refractivity (Wildman–Crippen MR) is 57.7 cm³/mol. The number of fused-ring (bicyclic) bond motifs is 1. The minimum atomic E-state index is -0.400. The molecule has 3 heteroatoms. The molecule has 1 N–H and O–H groups in total. The maximum absolute atomic E-state index is 9.71. The zero-order valence-electron chi connectivity index (χ0n) is 9.55. The highest BCUT2D eigenvalue weighted by Crippen LogP contribution is 2.48. The summed E-state index contributed by atoms with van der Waals surface area (Å²) >= 11 is 0. The van der Waals surface area contributed by atoms with Crippen LogP contribution in [0.4, 0.5) is 0 Å². The van der Waals surface area contributed by atoms with Gasteiger partial charge < -0.3 is 14.6 Å². The number of hydrogen-bond donors (Lipinski definition) is 1. The minimum Gasteiger partial charge on any atom is -0.496 e. The van der Waals surface area contributed by atoms with E-state index in [1.807, 2.05) is 13.8 Å². The van der Waals surface area contributed by atoms with Gasteiger partial charge in [0.25, 0.3) is 0 Å². The Bertz CT molecular complexity index is 410. The third kappa shape index (κ3) is 1.23. The van der Waals surface area contributed by atoms with Crippen LogP contribution in [-0.4, -0.2) is 19.3 Å². The summed E-state index contributed by atoms with van der Waals surface area (Å²) < 4.78 is 10.7. The summed E-state index contributed by atoms with van der Waals surface area (Å²) in [6, 6.07) is 0. The summed E-state index contributed by atoms with van der Waals surface area (Å²) in [6.07, 6.45) is 0.263. The molecule has 2 rings (SSSR count). The van der Waals surface area contributed by atoms with Crippen molar-refractivity contribution in [3.63, 3.8) is 0 Å². The van der Waals surface area contributed by atoms with Crippen LogP contribution in [-0.2, 0) is 6.42 Å². The quantitative estimate of drug-likeness (QED) is 0.806. The number of ether oxygens (including phenoxy) is 2. The van der Waals surface area contributed by atoms with Crippen molar-refractivity contribution in [1.82, 2.24) is 0 Å². The molecule has 0 aromatic heterocycles. The van der Waals surface area contributed by atoms with Gasteiger partial charge in [-0.2, -0.15) is 0 Å². The average Bonchev–Trinajstić information content (AvgIpc) is 2.22. The van der Waals surface area contributed by atoms with Gasteiger partial charge in [0.15, 0.2) is 0 Å². The van der Waals surface area contributed by atoms with E-state index < -0.39 is 6.10 Å². The Kier molecular flexibility index (Phi) is 2.35. The topological polar surface area (TPSA) is 38.7 Å². The van der Waals surface area contributed by atoms with Crippen LogP contribution >= 0.6 is 0 Å². The van der Waals surface area contributed by atoms with E-state index in [4.69, 9.17) is 9.47 Å². The summed E-state index contributed by atoms with van der Waals surface area (Å²) in [5.74, 6) is 1.70. The van der Waals surface area contributed by atoms with E-state index in [-0.39, 0.29) is 0 Å². The summed E-state index contributed by atoms with van der Waals surface area (Å²) in [5.41, 5.74) is 4.13. The molecule has 0 heterocycles. The molecule has 0 saturated heterocycles. The summed E-state index contributed by atoms with van der Waals surface area (Å²) in [6.45, 7) is 4.00. The van der Waals surface area contributed by atoms with E-state index >= 15 is 0 Å².